The van der Waals surface area contributed by atoms with Gasteiger partial charge in [-0.1, -0.05) is 18.1 Å². The topological polar surface area (TPSA) is 71.3 Å². The minimum Gasteiger partial charge on any atom is -0.362 e. The fourth-order valence-electron chi connectivity index (χ4n) is 3.62. The molecule has 1 N–H and O–H groups in total. The van der Waals surface area contributed by atoms with E-state index in [0.717, 1.165) is 55.0 Å². The molecule has 150 valence electrons. The summed E-state index contributed by atoms with van der Waals surface area (Å²) < 4.78 is 18.5. The number of carbonyl (C=O) groups is 1. The minimum absolute atomic E-state index is 0.253. The van der Waals surface area contributed by atoms with E-state index < -0.39 is 0 Å². The zero-order chi connectivity index (χ0) is 20.2. The second-order valence-corrected chi connectivity index (χ2v) is 7.14. The fraction of sp³-hybridized carbons (Fsp3) is 0.318. The van der Waals surface area contributed by atoms with Crippen molar-refractivity contribution in [1.29, 1.82) is 0 Å². The van der Waals surface area contributed by atoms with Crippen LogP contribution in [-0.4, -0.2) is 22.6 Å². The molecule has 0 atom stereocenters. The lowest BCUT2D eigenvalue weighted by Gasteiger charge is -2.31. The Hall–Kier alpha value is -3.22. The Labute approximate surface area is 168 Å². The Bertz CT molecular complexity index is 1000. The molecule has 0 radical (unpaired) electrons. The molecular formula is C22H23FN4O2. The molecule has 1 aliphatic rings. The van der Waals surface area contributed by atoms with Crippen molar-refractivity contribution < 1.29 is 13.7 Å². The van der Waals surface area contributed by atoms with Crippen molar-refractivity contribution >= 4 is 17.3 Å². The largest absolute Gasteiger partial charge is 0.362 e. The number of aryl methyl sites for hydroxylation is 1. The number of fused-ring (bicyclic) bond motifs is 1. The van der Waals surface area contributed by atoms with Gasteiger partial charge in [0.2, 0.25) is 5.89 Å². The minimum atomic E-state index is -0.364. The standard InChI is InChI=1S/C22H23FN4O2/c1-2-5-20-25-21(29-26-20)14-27-13-4-6-17-18(7-3-8-19(17)27)24-22(28)15-9-11-16(23)12-10-15/h3,7-12H,2,4-6,13-14H2,1H3,(H,24,28). The Morgan fingerprint density at radius 2 is 2.07 bits per heavy atom. The first-order chi connectivity index (χ1) is 14.1. The maximum absolute atomic E-state index is 13.1. The first kappa shape index (κ1) is 19.1. The highest BCUT2D eigenvalue weighted by atomic mass is 19.1. The number of halogens is 1. The summed E-state index contributed by atoms with van der Waals surface area (Å²) >= 11 is 0. The molecule has 2 aromatic carbocycles. The van der Waals surface area contributed by atoms with Crippen LogP contribution in [0, 0.1) is 5.82 Å². The van der Waals surface area contributed by atoms with Crippen LogP contribution in [0.1, 0.15) is 47.4 Å². The van der Waals surface area contributed by atoms with E-state index in [1.807, 2.05) is 18.2 Å². The number of nitrogens with zero attached hydrogens (tertiary/aromatic N) is 3. The van der Waals surface area contributed by atoms with Crippen molar-refractivity contribution in [2.75, 3.05) is 16.8 Å². The second kappa shape index (κ2) is 8.43. The number of amides is 1. The Kier molecular flexibility index (Phi) is 5.55. The molecule has 1 aliphatic heterocycles. The molecule has 0 aliphatic carbocycles. The molecule has 3 aromatic rings. The molecule has 0 fully saturated rings. The molecule has 0 saturated carbocycles. The number of hydrogen-bond donors (Lipinski definition) is 1. The molecule has 1 amide bonds. The summed E-state index contributed by atoms with van der Waals surface area (Å²) in [7, 11) is 0. The molecular weight excluding hydrogens is 371 g/mol. The molecule has 7 heteroatoms. The lowest BCUT2D eigenvalue weighted by atomic mass is 9.99. The van der Waals surface area contributed by atoms with Gasteiger partial charge in [-0.2, -0.15) is 4.98 Å². The zero-order valence-electron chi connectivity index (χ0n) is 16.3. The predicted octanol–water partition coefficient (Wildman–Crippen LogP) is 4.37. The maximum atomic E-state index is 13.1. The van der Waals surface area contributed by atoms with E-state index in [-0.39, 0.29) is 11.7 Å². The normalized spacial score (nSPS) is 13.2. The Morgan fingerprint density at radius 1 is 1.24 bits per heavy atom. The summed E-state index contributed by atoms with van der Waals surface area (Å²) in [4.78, 5) is 19.2. The van der Waals surface area contributed by atoms with Gasteiger partial charge in [0, 0.05) is 29.9 Å². The van der Waals surface area contributed by atoms with E-state index in [2.05, 4.69) is 27.3 Å². The molecule has 0 saturated heterocycles. The Balaban J connectivity index is 1.53. The molecule has 0 bridgehead atoms. The highest BCUT2D eigenvalue weighted by Crippen LogP contribution is 2.34. The molecule has 1 aromatic heterocycles. The number of carbonyl (C=O) groups excluding carboxylic acids is 1. The van der Waals surface area contributed by atoms with Gasteiger partial charge < -0.3 is 14.7 Å². The van der Waals surface area contributed by atoms with E-state index in [4.69, 9.17) is 4.52 Å². The second-order valence-electron chi connectivity index (χ2n) is 7.14. The first-order valence-electron chi connectivity index (χ1n) is 9.89. The summed E-state index contributed by atoms with van der Waals surface area (Å²) in [5, 5.41) is 7.00. The van der Waals surface area contributed by atoms with Crippen LogP contribution < -0.4 is 10.2 Å². The van der Waals surface area contributed by atoms with E-state index in [0.29, 0.717) is 18.0 Å². The third-order valence-electron chi connectivity index (χ3n) is 5.01. The predicted molar refractivity (Wildman–Crippen MR) is 108 cm³/mol. The lowest BCUT2D eigenvalue weighted by Crippen LogP contribution is -2.29. The summed E-state index contributed by atoms with van der Waals surface area (Å²) in [6.07, 6.45) is 3.62. The number of benzene rings is 2. The monoisotopic (exact) mass is 394 g/mol. The molecule has 0 spiro atoms. The SMILES string of the molecule is CCCc1noc(CN2CCCc3c(NC(=O)c4ccc(F)cc4)cccc32)n1. The quantitative estimate of drug-likeness (QED) is 0.672. The highest BCUT2D eigenvalue weighted by molar-refractivity contribution is 6.05. The van der Waals surface area contributed by atoms with E-state index in [9.17, 15) is 9.18 Å². The molecule has 29 heavy (non-hydrogen) atoms. The van der Waals surface area contributed by atoms with Crippen LogP contribution in [0.4, 0.5) is 15.8 Å². The summed E-state index contributed by atoms with van der Waals surface area (Å²) in [6, 6.07) is 11.4. The zero-order valence-corrected chi connectivity index (χ0v) is 16.3. The number of rotatable bonds is 6. The van der Waals surface area contributed by atoms with Crippen molar-refractivity contribution in [3.8, 4) is 0 Å². The lowest BCUT2D eigenvalue weighted by molar-refractivity contribution is 0.102. The molecule has 4 rings (SSSR count). The third-order valence-corrected chi connectivity index (χ3v) is 5.01. The number of nitrogens with one attached hydrogen (secondary N) is 1. The van der Waals surface area contributed by atoms with Crippen LogP contribution in [0.2, 0.25) is 0 Å². The van der Waals surface area contributed by atoms with Crippen LogP contribution in [0.3, 0.4) is 0 Å². The maximum Gasteiger partial charge on any atom is 0.255 e. The van der Waals surface area contributed by atoms with Crippen molar-refractivity contribution in [1.82, 2.24) is 10.1 Å². The summed E-state index contributed by atoms with van der Waals surface area (Å²) in [5.74, 6) is 0.719. The molecule has 6 nitrogen and oxygen atoms in total. The number of aromatic nitrogens is 2. The van der Waals surface area contributed by atoms with Gasteiger partial charge in [-0.15, -0.1) is 0 Å². The smallest absolute Gasteiger partial charge is 0.255 e. The van der Waals surface area contributed by atoms with E-state index >= 15 is 0 Å². The van der Waals surface area contributed by atoms with Gasteiger partial charge in [0.25, 0.3) is 5.91 Å². The van der Waals surface area contributed by atoms with Gasteiger partial charge in [0.15, 0.2) is 5.82 Å². The van der Waals surface area contributed by atoms with Crippen LogP contribution in [0.15, 0.2) is 47.0 Å². The van der Waals surface area contributed by atoms with Crippen molar-refractivity contribution in [2.45, 2.75) is 39.2 Å². The van der Waals surface area contributed by atoms with Crippen molar-refractivity contribution in [3.05, 3.63) is 71.1 Å². The van der Waals surface area contributed by atoms with Gasteiger partial charge in [-0.05, 0) is 61.2 Å². The van der Waals surface area contributed by atoms with Crippen molar-refractivity contribution in [3.63, 3.8) is 0 Å². The van der Waals surface area contributed by atoms with Crippen LogP contribution >= 0.6 is 0 Å². The molecule has 2 heterocycles. The fourth-order valence-corrected chi connectivity index (χ4v) is 3.62. The van der Waals surface area contributed by atoms with Gasteiger partial charge in [-0.3, -0.25) is 4.79 Å². The first-order valence-corrected chi connectivity index (χ1v) is 9.89. The van der Waals surface area contributed by atoms with Crippen LogP contribution in [0.5, 0.6) is 0 Å². The summed E-state index contributed by atoms with van der Waals surface area (Å²) in [6.45, 7) is 3.51. The third kappa shape index (κ3) is 4.29. The van der Waals surface area contributed by atoms with Gasteiger partial charge in [-0.25, -0.2) is 4.39 Å². The van der Waals surface area contributed by atoms with E-state index in [1.54, 1.807) is 0 Å². The summed E-state index contributed by atoms with van der Waals surface area (Å²) in [5.41, 5.74) is 3.34. The average molecular weight is 394 g/mol. The number of hydrogen-bond acceptors (Lipinski definition) is 5. The Morgan fingerprint density at radius 3 is 2.86 bits per heavy atom. The van der Waals surface area contributed by atoms with Gasteiger partial charge >= 0.3 is 0 Å². The average Bonchev–Trinajstić information content (AvgIpc) is 3.16. The molecule has 0 unspecified atom stereocenters. The van der Waals surface area contributed by atoms with Gasteiger partial charge in [0.05, 0.1) is 6.54 Å². The van der Waals surface area contributed by atoms with Crippen LogP contribution in [-0.2, 0) is 19.4 Å². The van der Waals surface area contributed by atoms with Gasteiger partial charge in [0.1, 0.15) is 5.82 Å². The van der Waals surface area contributed by atoms with E-state index in [1.165, 1.54) is 24.3 Å². The highest BCUT2D eigenvalue weighted by Gasteiger charge is 2.22. The van der Waals surface area contributed by atoms with Crippen molar-refractivity contribution in [2.24, 2.45) is 0 Å². The van der Waals surface area contributed by atoms with Crippen LogP contribution in [0.25, 0.3) is 0 Å². The number of anilines is 2.